The Balaban J connectivity index is 2.32. The lowest BCUT2D eigenvalue weighted by Gasteiger charge is -2.18. The van der Waals surface area contributed by atoms with Gasteiger partial charge in [-0.3, -0.25) is 4.57 Å². The van der Waals surface area contributed by atoms with Gasteiger partial charge in [0.05, 0.1) is 12.2 Å². The van der Waals surface area contributed by atoms with Gasteiger partial charge in [0.1, 0.15) is 16.5 Å². The summed E-state index contributed by atoms with van der Waals surface area (Å²) in [4.78, 5) is 11.5. The van der Waals surface area contributed by atoms with Crippen molar-refractivity contribution in [2.24, 2.45) is 0 Å². The van der Waals surface area contributed by atoms with Gasteiger partial charge >= 0.3 is 5.97 Å². The van der Waals surface area contributed by atoms with Gasteiger partial charge in [-0.25, -0.2) is 4.79 Å². The van der Waals surface area contributed by atoms with Crippen molar-refractivity contribution in [2.45, 2.75) is 12.4 Å². The lowest BCUT2D eigenvalue weighted by molar-refractivity contribution is 0.0526. The molecule has 1 aliphatic rings. The summed E-state index contributed by atoms with van der Waals surface area (Å²) in [6.07, 6.45) is 3.26. The molecule has 2 rings (SSSR count). The van der Waals surface area contributed by atoms with E-state index in [2.05, 4.69) is 5.32 Å². The van der Waals surface area contributed by atoms with Gasteiger partial charge in [0.15, 0.2) is 0 Å². The lowest BCUT2D eigenvalue weighted by Crippen LogP contribution is -2.17. The Kier molecular flexibility index (Phi) is 3.12. The SMILES string of the molecule is CCOC(=O)c1cc2n(c1)C(Cl)=CC(Cl)N2. The molecule has 0 fully saturated rings. The number of hydrogen-bond donors (Lipinski definition) is 1. The van der Waals surface area contributed by atoms with Crippen LogP contribution in [0.3, 0.4) is 0 Å². The van der Waals surface area contributed by atoms with Crippen molar-refractivity contribution >= 4 is 40.1 Å². The lowest BCUT2D eigenvalue weighted by atomic mass is 10.3. The molecule has 0 spiro atoms. The molecule has 1 unspecified atom stereocenters. The van der Waals surface area contributed by atoms with Crippen LogP contribution in [-0.2, 0) is 4.74 Å². The van der Waals surface area contributed by atoms with Crippen LogP contribution in [0.1, 0.15) is 17.3 Å². The Bertz CT molecular complexity index is 454. The molecule has 16 heavy (non-hydrogen) atoms. The van der Waals surface area contributed by atoms with Gasteiger partial charge < -0.3 is 10.1 Å². The van der Waals surface area contributed by atoms with E-state index < -0.39 is 0 Å². The fraction of sp³-hybridized carbons (Fsp3) is 0.300. The summed E-state index contributed by atoms with van der Waals surface area (Å²) < 4.78 is 6.54. The monoisotopic (exact) mass is 260 g/mol. The number of hydrogen-bond acceptors (Lipinski definition) is 3. The first-order valence-corrected chi connectivity index (χ1v) is 5.61. The van der Waals surface area contributed by atoms with Crippen LogP contribution in [0.2, 0.25) is 0 Å². The minimum absolute atomic E-state index is 0.342. The van der Waals surface area contributed by atoms with E-state index in [-0.39, 0.29) is 11.5 Å². The van der Waals surface area contributed by atoms with Crippen molar-refractivity contribution in [1.82, 2.24) is 4.57 Å². The number of nitrogens with one attached hydrogen (secondary N) is 1. The van der Waals surface area contributed by atoms with E-state index in [1.165, 1.54) is 0 Å². The van der Waals surface area contributed by atoms with Gasteiger partial charge in [-0.2, -0.15) is 0 Å². The number of rotatable bonds is 2. The molecule has 0 bridgehead atoms. The predicted molar refractivity (Wildman–Crippen MR) is 63.8 cm³/mol. The van der Waals surface area contributed by atoms with E-state index in [1.54, 1.807) is 29.8 Å². The normalized spacial score (nSPS) is 18.4. The molecule has 1 atom stereocenters. The molecule has 6 heteroatoms. The second-order valence-corrected chi connectivity index (χ2v) is 4.10. The molecule has 0 radical (unpaired) electrons. The van der Waals surface area contributed by atoms with Crippen LogP contribution in [0.5, 0.6) is 0 Å². The first-order valence-electron chi connectivity index (χ1n) is 4.79. The van der Waals surface area contributed by atoms with Crippen LogP contribution in [0.4, 0.5) is 5.82 Å². The third kappa shape index (κ3) is 2.03. The molecule has 0 saturated heterocycles. The average molecular weight is 261 g/mol. The maximum Gasteiger partial charge on any atom is 0.339 e. The summed E-state index contributed by atoms with van der Waals surface area (Å²) in [5.74, 6) is 0.303. The zero-order valence-electron chi connectivity index (χ0n) is 8.54. The van der Waals surface area contributed by atoms with Crippen LogP contribution in [0.15, 0.2) is 18.3 Å². The maximum absolute atomic E-state index is 11.5. The zero-order valence-corrected chi connectivity index (χ0v) is 10.0. The largest absolute Gasteiger partial charge is 0.462 e. The second-order valence-electron chi connectivity index (χ2n) is 3.24. The summed E-state index contributed by atoms with van der Waals surface area (Å²) in [5, 5.41) is 3.43. The number of fused-ring (bicyclic) bond motifs is 1. The first-order chi connectivity index (χ1) is 7.61. The van der Waals surface area contributed by atoms with Crippen LogP contribution in [0, 0.1) is 0 Å². The second kappa shape index (κ2) is 4.39. The molecule has 1 aliphatic heterocycles. The molecule has 0 aliphatic carbocycles. The Hall–Kier alpha value is -1.13. The highest BCUT2D eigenvalue weighted by atomic mass is 35.5. The number of esters is 1. The standard InChI is InChI=1S/C10H10Cl2N2O2/c1-2-16-10(15)6-3-9-13-7(11)4-8(12)14(9)5-6/h3-5,7,13H,2H2,1H3. The molecule has 0 amide bonds. The van der Waals surface area contributed by atoms with Crippen LogP contribution in [0.25, 0.3) is 5.16 Å². The van der Waals surface area contributed by atoms with E-state index in [9.17, 15) is 4.79 Å². The third-order valence-corrected chi connectivity index (χ3v) is 2.67. The van der Waals surface area contributed by atoms with E-state index >= 15 is 0 Å². The topological polar surface area (TPSA) is 43.3 Å². The Morgan fingerprint density at radius 1 is 1.69 bits per heavy atom. The van der Waals surface area contributed by atoms with Crippen molar-refractivity contribution in [3.63, 3.8) is 0 Å². The van der Waals surface area contributed by atoms with Gasteiger partial charge in [0.2, 0.25) is 0 Å². The van der Waals surface area contributed by atoms with Crippen molar-refractivity contribution in [1.29, 1.82) is 0 Å². The van der Waals surface area contributed by atoms with Gasteiger partial charge in [-0.05, 0) is 19.1 Å². The minimum atomic E-state index is -0.373. The third-order valence-electron chi connectivity index (χ3n) is 2.13. The van der Waals surface area contributed by atoms with Gasteiger partial charge in [0, 0.05) is 6.20 Å². The number of nitrogens with zero attached hydrogens (tertiary/aromatic N) is 1. The molecule has 0 saturated carbocycles. The number of halogens is 2. The highest BCUT2D eigenvalue weighted by molar-refractivity contribution is 6.46. The fourth-order valence-electron chi connectivity index (χ4n) is 1.46. The quantitative estimate of drug-likeness (QED) is 0.505. The molecule has 1 aromatic heterocycles. The Morgan fingerprint density at radius 3 is 3.12 bits per heavy atom. The van der Waals surface area contributed by atoms with Crippen LogP contribution >= 0.6 is 23.2 Å². The maximum atomic E-state index is 11.5. The van der Waals surface area contributed by atoms with Gasteiger partial charge in [-0.15, -0.1) is 0 Å². The molecule has 4 nitrogen and oxygen atoms in total. The Morgan fingerprint density at radius 2 is 2.44 bits per heavy atom. The average Bonchev–Trinajstić information content (AvgIpc) is 2.62. The fourth-order valence-corrected chi connectivity index (χ4v) is 2.02. The molecule has 1 N–H and O–H groups in total. The summed E-state index contributed by atoms with van der Waals surface area (Å²) in [7, 11) is 0. The van der Waals surface area contributed by atoms with Gasteiger partial charge in [0.25, 0.3) is 0 Å². The van der Waals surface area contributed by atoms with E-state index in [0.717, 1.165) is 0 Å². The molecule has 86 valence electrons. The molecule has 1 aromatic rings. The first kappa shape index (κ1) is 11.4. The molecular weight excluding hydrogens is 251 g/mol. The summed E-state index contributed by atoms with van der Waals surface area (Å²) in [6.45, 7) is 2.10. The highest BCUT2D eigenvalue weighted by Gasteiger charge is 2.19. The van der Waals surface area contributed by atoms with Crippen molar-refractivity contribution in [3.8, 4) is 0 Å². The van der Waals surface area contributed by atoms with Crippen molar-refractivity contribution < 1.29 is 9.53 Å². The predicted octanol–water partition coefficient (Wildman–Crippen LogP) is 2.69. The van der Waals surface area contributed by atoms with Crippen molar-refractivity contribution in [2.75, 3.05) is 11.9 Å². The van der Waals surface area contributed by atoms with Crippen LogP contribution in [-0.4, -0.2) is 22.6 Å². The Labute approximate surface area is 103 Å². The number of ether oxygens (including phenoxy) is 1. The number of anilines is 1. The summed E-state index contributed by atoms with van der Waals surface area (Å²) in [5.41, 5.74) is 0.0756. The number of aromatic nitrogens is 1. The minimum Gasteiger partial charge on any atom is -0.462 e. The smallest absolute Gasteiger partial charge is 0.339 e. The van der Waals surface area contributed by atoms with E-state index in [0.29, 0.717) is 23.1 Å². The summed E-state index contributed by atoms with van der Waals surface area (Å²) in [6, 6.07) is 1.66. The molecule has 2 heterocycles. The molecular formula is C10H10Cl2N2O2. The number of alkyl halides is 1. The van der Waals surface area contributed by atoms with E-state index in [4.69, 9.17) is 27.9 Å². The van der Waals surface area contributed by atoms with Crippen molar-refractivity contribution in [3.05, 3.63) is 23.9 Å². The van der Waals surface area contributed by atoms with Crippen LogP contribution < -0.4 is 5.32 Å². The zero-order chi connectivity index (χ0) is 11.7. The number of carbonyl (C=O) groups is 1. The number of carbonyl (C=O) groups excluding carboxylic acids is 1. The van der Waals surface area contributed by atoms with E-state index in [1.807, 2.05) is 0 Å². The van der Waals surface area contributed by atoms with Gasteiger partial charge in [-0.1, -0.05) is 23.2 Å². The molecule has 0 aromatic carbocycles. The highest BCUT2D eigenvalue weighted by Crippen LogP contribution is 2.28. The summed E-state index contributed by atoms with van der Waals surface area (Å²) >= 11 is 11.9.